The summed E-state index contributed by atoms with van der Waals surface area (Å²) in [7, 11) is 0. The number of carbonyl (C=O) groups excluding carboxylic acids is 2. The first-order valence-corrected chi connectivity index (χ1v) is 8.09. The highest BCUT2D eigenvalue weighted by Gasteiger charge is 2.23. The third-order valence-corrected chi connectivity index (χ3v) is 3.55. The zero-order valence-electron chi connectivity index (χ0n) is 14.0. The van der Waals surface area contributed by atoms with Gasteiger partial charge in [0.1, 0.15) is 17.0 Å². The van der Waals surface area contributed by atoms with E-state index in [0.717, 1.165) is 24.8 Å². The van der Waals surface area contributed by atoms with E-state index in [1.165, 1.54) is 0 Å². The zero-order chi connectivity index (χ0) is 17.4. The van der Waals surface area contributed by atoms with Crippen LogP contribution in [0.2, 0.25) is 0 Å². The highest BCUT2D eigenvalue weighted by molar-refractivity contribution is 5.98. The van der Waals surface area contributed by atoms with Gasteiger partial charge in [-0.2, -0.15) is 0 Å². The topological polar surface area (TPSA) is 81.4 Å². The molecule has 0 saturated heterocycles. The fourth-order valence-corrected chi connectivity index (χ4v) is 2.26. The van der Waals surface area contributed by atoms with E-state index in [2.05, 4.69) is 17.4 Å². The van der Waals surface area contributed by atoms with Gasteiger partial charge in [0.05, 0.1) is 0 Å². The maximum Gasteiger partial charge on any atom is 0.344 e. The predicted molar refractivity (Wildman–Crippen MR) is 89.5 cm³/mol. The first kappa shape index (κ1) is 17.7. The summed E-state index contributed by atoms with van der Waals surface area (Å²) in [5, 5.41) is 6.65. The van der Waals surface area contributed by atoms with Gasteiger partial charge >= 0.3 is 5.97 Å². The third-order valence-electron chi connectivity index (χ3n) is 3.55. The number of aryl methyl sites for hydroxylation is 1. The molecule has 0 atom stereocenters. The van der Waals surface area contributed by atoms with E-state index in [1.54, 1.807) is 6.92 Å². The van der Waals surface area contributed by atoms with Crippen LogP contribution in [-0.2, 0) is 9.53 Å². The number of benzene rings is 1. The van der Waals surface area contributed by atoms with Crippen molar-refractivity contribution in [1.29, 1.82) is 0 Å². The molecule has 0 radical (unpaired) electrons. The average molecular weight is 330 g/mol. The van der Waals surface area contributed by atoms with Gasteiger partial charge in [-0.25, -0.2) is 4.79 Å². The molecule has 2 aromatic rings. The Kier molecular flexibility index (Phi) is 6.54. The molecule has 0 aliphatic carbocycles. The van der Waals surface area contributed by atoms with Crippen LogP contribution in [0, 0.1) is 6.92 Å². The summed E-state index contributed by atoms with van der Waals surface area (Å²) in [6, 6.07) is 9.22. The molecule has 24 heavy (non-hydrogen) atoms. The number of ether oxygens (including phenoxy) is 1. The molecule has 0 aliphatic heterocycles. The van der Waals surface area contributed by atoms with Crippen LogP contribution in [0.4, 0.5) is 0 Å². The summed E-state index contributed by atoms with van der Waals surface area (Å²) in [5.41, 5.74) is 1.42. The molecule has 1 heterocycles. The Bertz CT molecular complexity index is 680. The highest BCUT2D eigenvalue weighted by atomic mass is 16.5. The summed E-state index contributed by atoms with van der Waals surface area (Å²) in [6.45, 7) is 4.01. The SMILES string of the molecule is CCCCCNC(=O)COC(=O)c1c(-c2ccccc2)noc1C. The van der Waals surface area contributed by atoms with Crippen molar-refractivity contribution in [1.82, 2.24) is 10.5 Å². The molecule has 1 N–H and O–H groups in total. The van der Waals surface area contributed by atoms with Crippen molar-refractivity contribution in [2.75, 3.05) is 13.2 Å². The highest BCUT2D eigenvalue weighted by Crippen LogP contribution is 2.25. The lowest BCUT2D eigenvalue weighted by Crippen LogP contribution is -2.29. The second kappa shape index (κ2) is 8.86. The fourth-order valence-electron chi connectivity index (χ4n) is 2.26. The van der Waals surface area contributed by atoms with E-state index >= 15 is 0 Å². The van der Waals surface area contributed by atoms with Gasteiger partial charge < -0.3 is 14.6 Å². The monoisotopic (exact) mass is 330 g/mol. The van der Waals surface area contributed by atoms with E-state index in [4.69, 9.17) is 9.26 Å². The Morgan fingerprint density at radius 3 is 2.67 bits per heavy atom. The number of hydrogen-bond acceptors (Lipinski definition) is 5. The van der Waals surface area contributed by atoms with Crippen molar-refractivity contribution in [2.24, 2.45) is 0 Å². The number of unbranched alkanes of at least 4 members (excludes halogenated alkanes) is 2. The minimum Gasteiger partial charge on any atom is -0.452 e. The first-order valence-electron chi connectivity index (χ1n) is 8.09. The molecule has 1 aromatic heterocycles. The molecule has 1 aromatic carbocycles. The van der Waals surface area contributed by atoms with Gasteiger partial charge in [0.2, 0.25) is 0 Å². The predicted octanol–water partition coefficient (Wildman–Crippen LogP) is 3.11. The number of aromatic nitrogens is 1. The molecule has 0 aliphatic rings. The Balaban J connectivity index is 1.96. The summed E-state index contributed by atoms with van der Waals surface area (Å²) < 4.78 is 10.2. The van der Waals surface area contributed by atoms with E-state index < -0.39 is 5.97 Å². The van der Waals surface area contributed by atoms with Crippen LogP contribution < -0.4 is 5.32 Å². The summed E-state index contributed by atoms with van der Waals surface area (Å²) in [4.78, 5) is 24.0. The quantitative estimate of drug-likeness (QED) is 0.594. The minimum absolute atomic E-state index is 0.250. The Morgan fingerprint density at radius 2 is 1.96 bits per heavy atom. The molecule has 6 nitrogen and oxygen atoms in total. The fraction of sp³-hybridized carbons (Fsp3) is 0.389. The molecule has 0 spiro atoms. The molecule has 2 rings (SSSR count). The number of hydrogen-bond donors (Lipinski definition) is 1. The average Bonchev–Trinajstić information content (AvgIpc) is 2.99. The van der Waals surface area contributed by atoms with Gasteiger partial charge in [-0.05, 0) is 13.3 Å². The molecule has 0 saturated carbocycles. The Hall–Kier alpha value is -2.63. The Labute approximate surface area is 141 Å². The molecular formula is C18H22N2O4. The van der Waals surface area contributed by atoms with Crippen molar-refractivity contribution >= 4 is 11.9 Å². The second-order valence-electron chi connectivity index (χ2n) is 5.46. The number of rotatable bonds is 8. The summed E-state index contributed by atoms with van der Waals surface area (Å²) in [6.07, 6.45) is 3.05. The van der Waals surface area contributed by atoms with Crippen LogP contribution in [-0.4, -0.2) is 30.2 Å². The van der Waals surface area contributed by atoms with E-state index in [9.17, 15) is 9.59 Å². The van der Waals surface area contributed by atoms with E-state index in [-0.39, 0.29) is 18.1 Å². The molecule has 0 unspecified atom stereocenters. The van der Waals surface area contributed by atoms with Crippen LogP contribution in [0.15, 0.2) is 34.9 Å². The number of nitrogens with zero attached hydrogens (tertiary/aromatic N) is 1. The van der Waals surface area contributed by atoms with Gasteiger partial charge in [-0.3, -0.25) is 4.79 Å². The maximum absolute atomic E-state index is 12.3. The molecule has 1 amide bonds. The minimum atomic E-state index is -0.615. The molecule has 0 fully saturated rings. The zero-order valence-corrected chi connectivity index (χ0v) is 14.0. The lowest BCUT2D eigenvalue weighted by atomic mass is 10.1. The van der Waals surface area contributed by atoms with Crippen molar-refractivity contribution in [3.8, 4) is 11.3 Å². The van der Waals surface area contributed by atoms with Gasteiger partial charge in [-0.15, -0.1) is 0 Å². The normalized spacial score (nSPS) is 10.4. The first-order chi connectivity index (χ1) is 11.6. The van der Waals surface area contributed by atoms with Crippen LogP contribution in [0.3, 0.4) is 0 Å². The number of amides is 1. The van der Waals surface area contributed by atoms with Crippen molar-refractivity contribution in [2.45, 2.75) is 33.1 Å². The molecule has 128 valence electrons. The summed E-state index contributed by atoms with van der Waals surface area (Å²) in [5.74, 6) is -0.562. The van der Waals surface area contributed by atoms with Crippen LogP contribution in [0.5, 0.6) is 0 Å². The van der Waals surface area contributed by atoms with Crippen LogP contribution in [0.25, 0.3) is 11.3 Å². The largest absolute Gasteiger partial charge is 0.452 e. The third kappa shape index (κ3) is 4.68. The molecular weight excluding hydrogens is 308 g/mol. The second-order valence-corrected chi connectivity index (χ2v) is 5.46. The number of nitrogens with one attached hydrogen (secondary N) is 1. The lowest BCUT2D eigenvalue weighted by Gasteiger charge is -2.06. The lowest BCUT2D eigenvalue weighted by molar-refractivity contribution is -0.124. The number of esters is 1. The summed E-state index contributed by atoms with van der Waals surface area (Å²) >= 11 is 0. The van der Waals surface area contributed by atoms with Gasteiger partial charge in [0.15, 0.2) is 6.61 Å². The van der Waals surface area contributed by atoms with Gasteiger partial charge in [0, 0.05) is 12.1 Å². The van der Waals surface area contributed by atoms with Crippen molar-refractivity contribution in [3.05, 3.63) is 41.7 Å². The van der Waals surface area contributed by atoms with Gasteiger partial charge in [-0.1, -0.05) is 55.3 Å². The van der Waals surface area contributed by atoms with Gasteiger partial charge in [0.25, 0.3) is 5.91 Å². The van der Waals surface area contributed by atoms with E-state index in [1.807, 2.05) is 30.3 Å². The van der Waals surface area contributed by atoms with Crippen LogP contribution in [0.1, 0.15) is 42.3 Å². The van der Waals surface area contributed by atoms with E-state index in [0.29, 0.717) is 18.0 Å². The van der Waals surface area contributed by atoms with Crippen molar-refractivity contribution in [3.63, 3.8) is 0 Å². The Morgan fingerprint density at radius 1 is 1.21 bits per heavy atom. The standard InChI is InChI=1S/C18H22N2O4/c1-3-4-8-11-19-15(21)12-23-18(22)16-13(2)24-20-17(16)14-9-6-5-7-10-14/h5-7,9-10H,3-4,8,11-12H2,1-2H3,(H,19,21). The number of carbonyl (C=O) groups is 2. The molecule has 6 heteroatoms. The molecule has 0 bridgehead atoms. The smallest absolute Gasteiger partial charge is 0.344 e. The maximum atomic E-state index is 12.3. The van der Waals surface area contributed by atoms with Crippen molar-refractivity contribution < 1.29 is 18.8 Å². The van der Waals surface area contributed by atoms with Crippen LogP contribution >= 0.6 is 0 Å².